The predicted molar refractivity (Wildman–Crippen MR) is 79.8 cm³/mol. The summed E-state index contributed by atoms with van der Waals surface area (Å²) >= 11 is 0. The number of aromatic nitrogens is 2. The molecule has 2 heterocycles. The van der Waals surface area contributed by atoms with Gasteiger partial charge in [0.05, 0.1) is 11.6 Å². The number of hydrogen-bond donors (Lipinski definition) is 1. The highest BCUT2D eigenvalue weighted by Gasteiger charge is 2.38. The molecule has 1 aliphatic heterocycles. The zero-order valence-corrected chi connectivity index (χ0v) is 12.2. The fourth-order valence-corrected chi connectivity index (χ4v) is 2.90. The Balaban J connectivity index is 1.77. The first-order valence-electron chi connectivity index (χ1n) is 7.22. The number of hydrogen-bond acceptors (Lipinski definition) is 3. The molecule has 6 nitrogen and oxygen atoms in total. The van der Waals surface area contributed by atoms with Gasteiger partial charge in [-0.3, -0.25) is 9.59 Å². The summed E-state index contributed by atoms with van der Waals surface area (Å²) in [6.07, 6.45) is 4.03. The van der Waals surface area contributed by atoms with Crippen molar-refractivity contribution in [2.24, 2.45) is 5.92 Å². The number of nitrogens with zero attached hydrogens (tertiary/aromatic N) is 3. The van der Waals surface area contributed by atoms with E-state index in [1.165, 1.54) is 0 Å². The van der Waals surface area contributed by atoms with Crippen molar-refractivity contribution < 1.29 is 14.7 Å². The molecular weight excluding hydrogens is 282 g/mol. The summed E-state index contributed by atoms with van der Waals surface area (Å²) in [5.41, 5.74) is 1.44. The number of carbonyl (C=O) groups is 2. The van der Waals surface area contributed by atoms with Crippen LogP contribution in [0.25, 0.3) is 5.69 Å². The van der Waals surface area contributed by atoms with Gasteiger partial charge in [0, 0.05) is 30.5 Å². The van der Waals surface area contributed by atoms with E-state index < -0.39 is 11.9 Å². The maximum Gasteiger partial charge on any atom is 0.308 e. The Morgan fingerprint density at radius 1 is 1.27 bits per heavy atom. The van der Waals surface area contributed by atoms with Crippen LogP contribution in [0, 0.1) is 5.92 Å². The van der Waals surface area contributed by atoms with Crippen LogP contribution in [0.5, 0.6) is 0 Å². The third-order valence-corrected chi connectivity index (χ3v) is 4.22. The Labute approximate surface area is 128 Å². The van der Waals surface area contributed by atoms with Crippen LogP contribution in [0.1, 0.15) is 23.7 Å². The summed E-state index contributed by atoms with van der Waals surface area (Å²) < 4.78 is 1.72. The Hall–Kier alpha value is -2.63. The molecule has 1 saturated heterocycles. The molecule has 1 aliphatic rings. The Bertz CT molecular complexity index is 679. The Morgan fingerprint density at radius 3 is 2.55 bits per heavy atom. The first-order chi connectivity index (χ1) is 10.6. The lowest BCUT2D eigenvalue weighted by molar-refractivity contribution is -0.142. The quantitative estimate of drug-likeness (QED) is 0.938. The molecule has 1 aromatic carbocycles. The van der Waals surface area contributed by atoms with Crippen molar-refractivity contribution in [2.75, 3.05) is 6.54 Å². The Kier molecular flexibility index (Phi) is 3.66. The average Bonchev–Trinajstić information content (AvgIpc) is 3.16. The number of benzene rings is 1. The predicted octanol–water partition coefficient (Wildman–Crippen LogP) is 1.81. The first-order valence-corrected chi connectivity index (χ1v) is 7.22. The van der Waals surface area contributed by atoms with Gasteiger partial charge in [0.25, 0.3) is 5.91 Å². The molecule has 6 heteroatoms. The van der Waals surface area contributed by atoms with Crippen LogP contribution >= 0.6 is 0 Å². The van der Waals surface area contributed by atoms with Crippen LogP contribution in [0.15, 0.2) is 42.7 Å². The van der Waals surface area contributed by atoms with Crippen LogP contribution in [0.2, 0.25) is 0 Å². The van der Waals surface area contributed by atoms with Crippen molar-refractivity contribution in [1.82, 2.24) is 14.7 Å². The van der Waals surface area contributed by atoms with E-state index in [-0.39, 0.29) is 11.9 Å². The van der Waals surface area contributed by atoms with Crippen molar-refractivity contribution in [2.45, 2.75) is 19.4 Å². The standard InChI is InChI=1S/C16H17N3O3/c1-11-14(16(21)22)7-10-18(11)15(20)12-3-5-13(6-4-12)19-9-2-8-17-19/h2-6,8-9,11,14H,7,10H2,1H3,(H,21,22). The minimum Gasteiger partial charge on any atom is -0.481 e. The number of carbonyl (C=O) groups excluding carboxylic acids is 1. The monoisotopic (exact) mass is 299 g/mol. The number of amides is 1. The van der Waals surface area contributed by atoms with Crippen molar-refractivity contribution in [3.63, 3.8) is 0 Å². The molecule has 0 radical (unpaired) electrons. The molecule has 1 N–H and O–H groups in total. The van der Waals surface area contributed by atoms with Crippen LogP contribution < -0.4 is 0 Å². The highest BCUT2D eigenvalue weighted by Crippen LogP contribution is 2.26. The molecule has 2 unspecified atom stereocenters. The van der Waals surface area contributed by atoms with Crippen LogP contribution in [0.3, 0.4) is 0 Å². The maximum absolute atomic E-state index is 12.5. The van der Waals surface area contributed by atoms with Crippen LogP contribution in [0.4, 0.5) is 0 Å². The van der Waals surface area contributed by atoms with E-state index in [9.17, 15) is 9.59 Å². The zero-order chi connectivity index (χ0) is 15.7. The highest BCUT2D eigenvalue weighted by atomic mass is 16.4. The summed E-state index contributed by atoms with van der Waals surface area (Å²) in [5, 5.41) is 13.3. The molecular formula is C16H17N3O3. The number of likely N-dealkylation sites (tertiary alicyclic amines) is 1. The highest BCUT2D eigenvalue weighted by molar-refractivity contribution is 5.95. The normalized spacial score (nSPS) is 21.0. The van der Waals surface area contributed by atoms with Crippen LogP contribution in [-0.2, 0) is 4.79 Å². The molecule has 1 aromatic heterocycles. The fraction of sp³-hybridized carbons (Fsp3) is 0.312. The van der Waals surface area contributed by atoms with Gasteiger partial charge in [-0.1, -0.05) is 0 Å². The van der Waals surface area contributed by atoms with E-state index in [1.807, 2.05) is 24.4 Å². The number of carboxylic acids is 1. The summed E-state index contributed by atoms with van der Waals surface area (Å²) in [7, 11) is 0. The number of carboxylic acid groups (broad SMARTS) is 1. The molecule has 1 amide bonds. The molecule has 114 valence electrons. The summed E-state index contributed by atoms with van der Waals surface area (Å²) in [6, 6.07) is 8.71. The number of aliphatic carboxylic acids is 1. The van der Waals surface area contributed by atoms with Gasteiger partial charge in [0.2, 0.25) is 0 Å². The smallest absolute Gasteiger partial charge is 0.308 e. The lowest BCUT2D eigenvalue weighted by Crippen LogP contribution is -2.37. The van der Waals surface area contributed by atoms with E-state index in [1.54, 1.807) is 34.8 Å². The lowest BCUT2D eigenvalue weighted by atomic mass is 10.0. The fourth-order valence-electron chi connectivity index (χ4n) is 2.90. The molecule has 0 bridgehead atoms. The minimum absolute atomic E-state index is 0.122. The third kappa shape index (κ3) is 2.47. The molecule has 0 saturated carbocycles. The largest absolute Gasteiger partial charge is 0.481 e. The van der Waals surface area contributed by atoms with E-state index in [0.29, 0.717) is 18.5 Å². The van der Waals surface area contributed by atoms with Gasteiger partial charge in [-0.25, -0.2) is 4.68 Å². The average molecular weight is 299 g/mol. The van der Waals surface area contributed by atoms with E-state index in [4.69, 9.17) is 5.11 Å². The van der Waals surface area contributed by atoms with Gasteiger partial charge in [-0.2, -0.15) is 5.10 Å². The second-order valence-corrected chi connectivity index (χ2v) is 5.47. The zero-order valence-electron chi connectivity index (χ0n) is 12.2. The second kappa shape index (κ2) is 5.63. The molecule has 22 heavy (non-hydrogen) atoms. The van der Waals surface area contributed by atoms with Gasteiger partial charge in [-0.15, -0.1) is 0 Å². The Morgan fingerprint density at radius 2 is 2.00 bits per heavy atom. The van der Waals surface area contributed by atoms with Gasteiger partial charge in [0.1, 0.15) is 0 Å². The minimum atomic E-state index is -0.836. The SMILES string of the molecule is CC1C(C(=O)O)CCN1C(=O)c1ccc(-n2cccn2)cc1. The van der Waals surface area contributed by atoms with Gasteiger partial charge >= 0.3 is 5.97 Å². The molecule has 2 atom stereocenters. The molecule has 0 spiro atoms. The first kappa shape index (κ1) is 14.3. The van der Waals surface area contributed by atoms with Crippen molar-refractivity contribution >= 4 is 11.9 Å². The van der Waals surface area contributed by atoms with Crippen molar-refractivity contribution in [3.8, 4) is 5.69 Å². The summed E-state index contributed by atoms with van der Waals surface area (Å²) in [4.78, 5) is 25.3. The molecule has 0 aliphatic carbocycles. The summed E-state index contributed by atoms with van der Waals surface area (Å²) in [5.74, 6) is -1.44. The van der Waals surface area contributed by atoms with Gasteiger partial charge in [0.15, 0.2) is 0 Å². The van der Waals surface area contributed by atoms with E-state index >= 15 is 0 Å². The van der Waals surface area contributed by atoms with Crippen molar-refractivity contribution in [3.05, 3.63) is 48.3 Å². The molecule has 3 rings (SSSR count). The van der Waals surface area contributed by atoms with Crippen LogP contribution in [-0.4, -0.2) is 44.3 Å². The molecule has 1 fully saturated rings. The van der Waals surface area contributed by atoms with Gasteiger partial charge < -0.3 is 10.0 Å². The second-order valence-electron chi connectivity index (χ2n) is 5.47. The van der Waals surface area contributed by atoms with Crippen molar-refractivity contribution in [1.29, 1.82) is 0 Å². The molecule has 2 aromatic rings. The maximum atomic E-state index is 12.5. The van der Waals surface area contributed by atoms with Gasteiger partial charge in [-0.05, 0) is 43.7 Å². The lowest BCUT2D eigenvalue weighted by Gasteiger charge is -2.23. The topological polar surface area (TPSA) is 75.4 Å². The van der Waals surface area contributed by atoms with E-state index in [0.717, 1.165) is 5.69 Å². The number of rotatable bonds is 3. The van der Waals surface area contributed by atoms with E-state index in [2.05, 4.69) is 5.10 Å². The third-order valence-electron chi connectivity index (χ3n) is 4.22. The summed E-state index contributed by atoms with van der Waals surface area (Å²) in [6.45, 7) is 2.28.